The maximum absolute atomic E-state index is 12.0. The molecule has 2 N–H and O–H groups in total. The van der Waals surface area contributed by atoms with Crippen molar-refractivity contribution in [3.63, 3.8) is 0 Å². The van der Waals surface area contributed by atoms with Gasteiger partial charge in [0.05, 0.1) is 6.42 Å². The van der Waals surface area contributed by atoms with Crippen LogP contribution in [0.5, 0.6) is 0 Å². The number of hydrogen-bond donors (Lipinski definition) is 2. The van der Waals surface area contributed by atoms with Gasteiger partial charge in [0, 0.05) is 31.7 Å². The maximum Gasteiger partial charge on any atom is 0.317 e. The quantitative estimate of drug-likeness (QED) is 0.762. The number of aliphatic carboxylic acids is 1. The monoisotopic (exact) mass is 255 g/mol. The van der Waals surface area contributed by atoms with Crippen LogP contribution in [0.4, 0.5) is 4.79 Å². The summed E-state index contributed by atoms with van der Waals surface area (Å²) >= 11 is 0. The molecule has 0 spiro atoms. The summed E-state index contributed by atoms with van der Waals surface area (Å²) in [6.07, 6.45) is 2.35. The topological polar surface area (TPSA) is 72.9 Å². The van der Waals surface area contributed by atoms with Crippen molar-refractivity contribution in [1.29, 1.82) is 0 Å². The van der Waals surface area contributed by atoms with Crippen molar-refractivity contribution in [2.45, 2.75) is 38.3 Å². The second kappa shape index (κ2) is 5.56. The largest absolute Gasteiger partial charge is 0.481 e. The molecule has 2 aliphatic heterocycles. The number of fused-ring (bicyclic) bond motifs is 1. The molecule has 2 heterocycles. The van der Waals surface area contributed by atoms with Gasteiger partial charge in [0.15, 0.2) is 0 Å². The van der Waals surface area contributed by atoms with E-state index in [4.69, 9.17) is 5.11 Å². The highest BCUT2D eigenvalue weighted by molar-refractivity contribution is 5.76. The molecule has 0 aromatic heterocycles. The average Bonchev–Trinajstić information content (AvgIpc) is 2.74. The van der Waals surface area contributed by atoms with Gasteiger partial charge in [-0.2, -0.15) is 0 Å². The van der Waals surface area contributed by atoms with Crippen LogP contribution in [0.3, 0.4) is 0 Å². The SMILES string of the molecule is CC(CC(=O)O)NC(=O)N1CCN2CCCC2C1. The standard InChI is InChI=1S/C12H21N3O3/c1-9(7-11(16)17)13-12(18)15-6-5-14-4-2-3-10(14)8-15/h9-10H,2-8H2,1H3,(H,13,18)(H,16,17). The summed E-state index contributed by atoms with van der Waals surface area (Å²) < 4.78 is 0. The fraction of sp³-hybridized carbons (Fsp3) is 0.833. The molecule has 2 atom stereocenters. The van der Waals surface area contributed by atoms with Crippen LogP contribution in [0.2, 0.25) is 0 Å². The number of amides is 2. The van der Waals surface area contributed by atoms with Crippen molar-refractivity contribution in [3.8, 4) is 0 Å². The number of carbonyl (C=O) groups is 2. The van der Waals surface area contributed by atoms with Crippen LogP contribution >= 0.6 is 0 Å². The molecule has 0 bridgehead atoms. The van der Waals surface area contributed by atoms with Gasteiger partial charge in [-0.1, -0.05) is 0 Å². The van der Waals surface area contributed by atoms with Crippen molar-refractivity contribution in [2.24, 2.45) is 0 Å². The highest BCUT2D eigenvalue weighted by Crippen LogP contribution is 2.21. The summed E-state index contributed by atoms with van der Waals surface area (Å²) in [5, 5.41) is 11.4. The van der Waals surface area contributed by atoms with Crippen LogP contribution in [-0.4, -0.2) is 65.2 Å². The summed E-state index contributed by atoms with van der Waals surface area (Å²) in [7, 11) is 0. The molecule has 102 valence electrons. The van der Waals surface area contributed by atoms with E-state index in [0.29, 0.717) is 6.04 Å². The zero-order valence-corrected chi connectivity index (χ0v) is 10.8. The molecular formula is C12H21N3O3. The van der Waals surface area contributed by atoms with Crippen molar-refractivity contribution in [3.05, 3.63) is 0 Å². The Bertz CT molecular complexity index is 335. The Morgan fingerprint density at radius 3 is 2.89 bits per heavy atom. The molecule has 0 aromatic carbocycles. The first kappa shape index (κ1) is 13.1. The predicted molar refractivity (Wildman–Crippen MR) is 66.4 cm³/mol. The van der Waals surface area contributed by atoms with Crippen molar-refractivity contribution < 1.29 is 14.7 Å². The Hall–Kier alpha value is -1.30. The van der Waals surface area contributed by atoms with E-state index in [-0.39, 0.29) is 18.5 Å². The first-order valence-corrected chi connectivity index (χ1v) is 6.57. The lowest BCUT2D eigenvalue weighted by Crippen LogP contribution is -2.55. The summed E-state index contributed by atoms with van der Waals surface area (Å²) in [5.74, 6) is -0.886. The third kappa shape index (κ3) is 3.13. The summed E-state index contributed by atoms with van der Waals surface area (Å²) in [6.45, 7) is 5.31. The molecule has 2 amide bonds. The van der Waals surface area contributed by atoms with Gasteiger partial charge in [-0.25, -0.2) is 4.79 Å². The fourth-order valence-electron chi connectivity index (χ4n) is 2.79. The van der Waals surface area contributed by atoms with E-state index >= 15 is 0 Å². The Labute approximate surface area is 107 Å². The van der Waals surface area contributed by atoms with Crippen LogP contribution in [0, 0.1) is 0 Å². The second-order valence-corrected chi connectivity index (χ2v) is 5.23. The van der Waals surface area contributed by atoms with Gasteiger partial charge in [0.1, 0.15) is 0 Å². The zero-order chi connectivity index (χ0) is 13.1. The fourth-order valence-corrected chi connectivity index (χ4v) is 2.79. The van der Waals surface area contributed by atoms with Crippen molar-refractivity contribution in [2.75, 3.05) is 26.2 Å². The smallest absolute Gasteiger partial charge is 0.317 e. The van der Waals surface area contributed by atoms with E-state index in [1.54, 1.807) is 6.92 Å². The van der Waals surface area contributed by atoms with Crippen molar-refractivity contribution in [1.82, 2.24) is 15.1 Å². The summed E-state index contributed by atoms with van der Waals surface area (Å²) in [5.41, 5.74) is 0. The Morgan fingerprint density at radius 2 is 2.17 bits per heavy atom. The summed E-state index contributed by atoms with van der Waals surface area (Å²) in [6, 6.07) is 0.0474. The van der Waals surface area contributed by atoms with Gasteiger partial charge < -0.3 is 15.3 Å². The zero-order valence-electron chi connectivity index (χ0n) is 10.8. The number of piperazine rings is 1. The molecule has 2 rings (SSSR count). The van der Waals surface area contributed by atoms with E-state index in [9.17, 15) is 9.59 Å². The number of nitrogens with one attached hydrogen (secondary N) is 1. The molecule has 2 aliphatic rings. The first-order valence-electron chi connectivity index (χ1n) is 6.57. The third-order valence-corrected chi connectivity index (χ3v) is 3.73. The average molecular weight is 255 g/mol. The predicted octanol–water partition coefficient (Wildman–Crippen LogP) is 0.339. The minimum atomic E-state index is -0.886. The van der Waals surface area contributed by atoms with Crippen LogP contribution in [0.1, 0.15) is 26.2 Å². The molecule has 0 radical (unpaired) electrons. The van der Waals surface area contributed by atoms with Crippen LogP contribution in [0.25, 0.3) is 0 Å². The molecule has 0 saturated carbocycles. The number of nitrogens with zero attached hydrogens (tertiary/aromatic N) is 2. The lowest BCUT2D eigenvalue weighted by atomic mass is 10.1. The molecule has 0 aromatic rings. The minimum Gasteiger partial charge on any atom is -0.481 e. The van der Waals surface area contributed by atoms with Crippen molar-refractivity contribution >= 4 is 12.0 Å². The van der Waals surface area contributed by atoms with E-state index in [1.165, 1.54) is 6.42 Å². The number of urea groups is 1. The number of hydrogen-bond acceptors (Lipinski definition) is 3. The number of carboxylic acid groups (broad SMARTS) is 1. The van der Waals surface area contributed by atoms with Gasteiger partial charge in [-0.3, -0.25) is 9.69 Å². The van der Waals surface area contributed by atoms with Crippen LogP contribution in [0.15, 0.2) is 0 Å². The van der Waals surface area contributed by atoms with Gasteiger partial charge in [0.2, 0.25) is 0 Å². The van der Waals surface area contributed by atoms with Gasteiger partial charge in [0.25, 0.3) is 0 Å². The normalized spacial score (nSPS) is 25.6. The third-order valence-electron chi connectivity index (χ3n) is 3.73. The van der Waals surface area contributed by atoms with Crippen LogP contribution < -0.4 is 5.32 Å². The molecular weight excluding hydrogens is 234 g/mol. The molecule has 2 fully saturated rings. The van der Waals surface area contributed by atoms with Gasteiger partial charge in [-0.15, -0.1) is 0 Å². The second-order valence-electron chi connectivity index (χ2n) is 5.23. The Balaban J connectivity index is 1.80. The number of carboxylic acids is 1. The highest BCUT2D eigenvalue weighted by atomic mass is 16.4. The molecule has 6 heteroatoms. The van der Waals surface area contributed by atoms with E-state index in [2.05, 4.69) is 10.2 Å². The van der Waals surface area contributed by atoms with Gasteiger partial charge >= 0.3 is 12.0 Å². The maximum atomic E-state index is 12.0. The molecule has 0 aliphatic carbocycles. The lowest BCUT2D eigenvalue weighted by Gasteiger charge is -2.37. The molecule has 2 saturated heterocycles. The Kier molecular flexibility index (Phi) is 4.06. The highest BCUT2D eigenvalue weighted by Gasteiger charge is 2.32. The molecule has 18 heavy (non-hydrogen) atoms. The van der Waals surface area contributed by atoms with Crippen LogP contribution in [-0.2, 0) is 4.79 Å². The van der Waals surface area contributed by atoms with E-state index < -0.39 is 5.97 Å². The molecule has 6 nitrogen and oxygen atoms in total. The first-order chi connectivity index (χ1) is 8.56. The number of carbonyl (C=O) groups excluding carboxylic acids is 1. The van der Waals surface area contributed by atoms with Gasteiger partial charge in [-0.05, 0) is 26.3 Å². The van der Waals surface area contributed by atoms with E-state index in [1.807, 2.05) is 4.90 Å². The minimum absolute atomic E-state index is 0.0326. The lowest BCUT2D eigenvalue weighted by molar-refractivity contribution is -0.137. The Morgan fingerprint density at radius 1 is 1.39 bits per heavy atom. The van der Waals surface area contributed by atoms with E-state index in [0.717, 1.165) is 32.6 Å². The number of rotatable bonds is 3. The molecule has 2 unspecified atom stereocenters. The summed E-state index contributed by atoms with van der Waals surface area (Å²) in [4.78, 5) is 26.8.